The van der Waals surface area contributed by atoms with E-state index in [-0.39, 0.29) is 18.0 Å². The fourth-order valence-corrected chi connectivity index (χ4v) is 4.56. The number of aryl methyl sites for hydroxylation is 1. The van der Waals surface area contributed by atoms with Crippen molar-refractivity contribution in [1.82, 2.24) is 9.66 Å². The van der Waals surface area contributed by atoms with Crippen molar-refractivity contribution in [1.29, 1.82) is 0 Å². The van der Waals surface area contributed by atoms with Gasteiger partial charge in [0.1, 0.15) is 18.2 Å². The van der Waals surface area contributed by atoms with E-state index in [2.05, 4.69) is 41.9 Å². The number of hydrogen-bond donors (Lipinski definition) is 0. The average Bonchev–Trinajstić information content (AvgIpc) is 2.85. The molecular weight excluding hydrogens is 593 g/mol. The Kier molecular flexibility index (Phi) is 8.53. The summed E-state index contributed by atoms with van der Waals surface area (Å²) in [6, 6.07) is 15.2. The van der Waals surface area contributed by atoms with E-state index in [9.17, 15) is 9.18 Å². The number of halogens is 3. The van der Waals surface area contributed by atoms with E-state index in [4.69, 9.17) is 9.47 Å². The predicted octanol–water partition coefficient (Wildman–Crippen LogP) is 6.87. The summed E-state index contributed by atoms with van der Waals surface area (Å²) in [7, 11) is 0. The molecule has 1 aromatic heterocycles. The number of hydrogen-bond acceptors (Lipinski definition) is 5. The third-order valence-electron chi connectivity index (χ3n) is 5.30. The lowest BCUT2D eigenvalue weighted by atomic mass is 10.2. The topological polar surface area (TPSA) is 65.7 Å². The van der Waals surface area contributed by atoms with Gasteiger partial charge in [0.15, 0.2) is 11.5 Å². The zero-order valence-electron chi connectivity index (χ0n) is 19.8. The van der Waals surface area contributed by atoms with Crippen LogP contribution in [0.3, 0.4) is 0 Å². The fraction of sp³-hybridized carbons (Fsp3) is 0.222. The first-order valence-electron chi connectivity index (χ1n) is 11.5. The van der Waals surface area contributed by atoms with Gasteiger partial charge in [0.2, 0.25) is 0 Å². The highest BCUT2D eigenvalue weighted by Gasteiger charge is 2.14. The number of nitrogens with zero attached hydrogens (tertiary/aromatic N) is 3. The summed E-state index contributed by atoms with van der Waals surface area (Å²) in [5.74, 6) is 1.35. The lowest BCUT2D eigenvalue weighted by Gasteiger charge is -2.15. The molecule has 0 spiro atoms. The number of aromatic nitrogens is 2. The fourth-order valence-electron chi connectivity index (χ4n) is 3.63. The summed E-state index contributed by atoms with van der Waals surface area (Å²) in [6.07, 6.45) is 3.04. The molecule has 0 atom stereocenters. The zero-order valence-corrected chi connectivity index (χ0v) is 23.0. The number of fused-ring (bicyclic) bond motifs is 1. The summed E-state index contributed by atoms with van der Waals surface area (Å²) in [5.41, 5.74) is 1.95. The van der Waals surface area contributed by atoms with Crippen LogP contribution in [-0.4, -0.2) is 22.5 Å². The monoisotopic (exact) mass is 615 g/mol. The van der Waals surface area contributed by atoms with Gasteiger partial charge >= 0.3 is 0 Å². The molecule has 0 bridgehead atoms. The van der Waals surface area contributed by atoms with E-state index in [0.717, 1.165) is 16.5 Å². The first-order valence-corrected chi connectivity index (χ1v) is 13.1. The lowest BCUT2D eigenvalue weighted by molar-refractivity contribution is 0.267. The second-order valence-corrected chi connectivity index (χ2v) is 9.75. The van der Waals surface area contributed by atoms with Gasteiger partial charge in [-0.3, -0.25) is 4.79 Å². The summed E-state index contributed by atoms with van der Waals surface area (Å²) in [4.78, 5) is 17.9. The number of ether oxygens (including phenoxy) is 2. The van der Waals surface area contributed by atoms with Crippen LogP contribution in [0.4, 0.5) is 4.39 Å². The molecule has 0 saturated carbocycles. The van der Waals surface area contributed by atoms with Crippen molar-refractivity contribution in [2.24, 2.45) is 5.10 Å². The van der Waals surface area contributed by atoms with Crippen molar-refractivity contribution in [2.45, 2.75) is 33.3 Å². The standard InChI is InChI=1S/C27H24Br2FN3O3/c1-3-5-25-32-23-11-8-19(28)14-21(23)27(34)33(25)31-15-18-12-22(29)26(24(13-18)35-4-2)36-16-17-6-9-20(30)10-7-17/h6-15H,3-5,16H2,1-2H3. The highest BCUT2D eigenvalue weighted by atomic mass is 79.9. The normalized spacial score (nSPS) is 11.4. The Hall–Kier alpha value is -3.04. The van der Waals surface area contributed by atoms with Gasteiger partial charge in [-0.2, -0.15) is 9.78 Å². The van der Waals surface area contributed by atoms with Crippen molar-refractivity contribution in [3.8, 4) is 11.5 Å². The zero-order chi connectivity index (χ0) is 25.7. The maximum absolute atomic E-state index is 13.2. The first-order chi connectivity index (χ1) is 17.4. The molecule has 0 fully saturated rings. The highest BCUT2D eigenvalue weighted by molar-refractivity contribution is 9.10. The molecule has 0 unspecified atom stereocenters. The molecule has 4 aromatic rings. The molecule has 0 amide bonds. The van der Waals surface area contributed by atoms with Gasteiger partial charge in [-0.1, -0.05) is 35.0 Å². The molecular formula is C27H24Br2FN3O3. The van der Waals surface area contributed by atoms with Crippen LogP contribution in [0.1, 0.15) is 37.2 Å². The van der Waals surface area contributed by atoms with Crippen molar-refractivity contribution >= 4 is 49.0 Å². The molecule has 0 aliphatic carbocycles. The minimum atomic E-state index is -0.297. The van der Waals surface area contributed by atoms with E-state index in [1.807, 2.05) is 32.0 Å². The molecule has 3 aromatic carbocycles. The van der Waals surface area contributed by atoms with Crippen LogP contribution in [0.2, 0.25) is 0 Å². The molecule has 36 heavy (non-hydrogen) atoms. The van der Waals surface area contributed by atoms with E-state index in [1.54, 1.807) is 30.5 Å². The van der Waals surface area contributed by atoms with Crippen molar-refractivity contribution in [3.05, 3.63) is 96.7 Å². The largest absolute Gasteiger partial charge is 0.490 e. The van der Waals surface area contributed by atoms with E-state index >= 15 is 0 Å². The summed E-state index contributed by atoms with van der Waals surface area (Å²) in [6.45, 7) is 4.60. The van der Waals surface area contributed by atoms with Crippen LogP contribution in [0, 0.1) is 5.82 Å². The Morgan fingerprint density at radius 1 is 1.06 bits per heavy atom. The van der Waals surface area contributed by atoms with Crippen LogP contribution in [-0.2, 0) is 13.0 Å². The third kappa shape index (κ3) is 6.02. The van der Waals surface area contributed by atoms with Gasteiger partial charge in [-0.25, -0.2) is 9.37 Å². The molecule has 0 saturated heterocycles. The SMILES string of the molecule is CCCc1nc2ccc(Br)cc2c(=O)n1N=Cc1cc(Br)c(OCc2ccc(F)cc2)c(OCC)c1. The molecule has 186 valence electrons. The quantitative estimate of drug-likeness (QED) is 0.192. The molecule has 0 N–H and O–H groups in total. The van der Waals surface area contributed by atoms with Gasteiger partial charge in [-0.15, -0.1) is 0 Å². The second kappa shape index (κ2) is 11.8. The van der Waals surface area contributed by atoms with Gasteiger partial charge in [0, 0.05) is 10.9 Å². The van der Waals surface area contributed by atoms with Gasteiger partial charge < -0.3 is 9.47 Å². The van der Waals surface area contributed by atoms with Crippen molar-refractivity contribution in [3.63, 3.8) is 0 Å². The lowest BCUT2D eigenvalue weighted by Crippen LogP contribution is -2.22. The van der Waals surface area contributed by atoms with Gasteiger partial charge in [-0.05, 0) is 82.9 Å². The Labute approximate surface area is 225 Å². The predicted molar refractivity (Wildman–Crippen MR) is 147 cm³/mol. The maximum atomic E-state index is 13.2. The Morgan fingerprint density at radius 2 is 1.83 bits per heavy atom. The number of rotatable bonds is 9. The molecule has 0 aliphatic rings. The number of benzene rings is 3. The molecule has 6 nitrogen and oxygen atoms in total. The smallest absolute Gasteiger partial charge is 0.282 e. The second-order valence-electron chi connectivity index (χ2n) is 7.98. The van der Waals surface area contributed by atoms with Crippen LogP contribution in [0.5, 0.6) is 11.5 Å². The van der Waals surface area contributed by atoms with Crippen LogP contribution >= 0.6 is 31.9 Å². The Morgan fingerprint density at radius 3 is 2.56 bits per heavy atom. The summed E-state index contributed by atoms with van der Waals surface area (Å²) in [5, 5.41) is 4.98. The molecule has 0 radical (unpaired) electrons. The van der Waals surface area contributed by atoms with Gasteiger partial charge in [0.05, 0.1) is 28.2 Å². The van der Waals surface area contributed by atoms with Crippen LogP contribution in [0.15, 0.2) is 73.4 Å². The first kappa shape index (κ1) is 26.0. The Bertz CT molecular complexity index is 1470. The maximum Gasteiger partial charge on any atom is 0.282 e. The average molecular weight is 617 g/mol. The minimum absolute atomic E-state index is 0.232. The van der Waals surface area contributed by atoms with Crippen molar-refractivity contribution in [2.75, 3.05) is 6.61 Å². The van der Waals surface area contributed by atoms with E-state index in [0.29, 0.717) is 51.3 Å². The van der Waals surface area contributed by atoms with Crippen molar-refractivity contribution < 1.29 is 13.9 Å². The van der Waals surface area contributed by atoms with E-state index < -0.39 is 0 Å². The van der Waals surface area contributed by atoms with E-state index in [1.165, 1.54) is 16.8 Å². The summed E-state index contributed by atoms with van der Waals surface area (Å²) >= 11 is 6.98. The highest BCUT2D eigenvalue weighted by Crippen LogP contribution is 2.37. The van der Waals surface area contributed by atoms with Crippen LogP contribution in [0.25, 0.3) is 10.9 Å². The molecule has 4 rings (SSSR count). The van der Waals surface area contributed by atoms with Gasteiger partial charge in [0.25, 0.3) is 5.56 Å². The Balaban J connectivity index is 1.68. The third-order valence-corrected chi connectivity index (χ3v) is 6.38. The molecule has 1 heterocycles. The van der Waals surface area contributed by atoms with Crippen LogP contribution < -0.4 is 15.0 Å². The molecule has 0 aliphatic heterocycles. The summed E-state index contributed by atoms with van der Waals surface area (Å²) < 4.78 is 27.8. The molecule has 9 heteroatoms. The minimum Gasteiger partial charge on any atom is -0.490 e.